The molecule has 0 radical (unpaired) electrons. The quantitative estimate of drug-likeness (QED) is 0.693. The Labute approximate surface area is 158 Å². The van der Waals surface area contributed by atoms with E-state index in [1.807, 2.05) is 0 Å². The molecule has 0 bridgehead atoms. The van der Waals surface area contributed by atoms with E-state index in [1.165, 1.54) is 23.7 Å². The molecule has 0 saturated carbocycles. The zero-order chi connectivity index (χ0) is 19.4. The Kier molecular flexibility index (Phi) is 5.81. The molecule has 1 aliphatic rings. The van der Waals surface area contributed by atoms with Crippen molar-refractivity contribution in [2.24, 2.45) is 5.92 Å². The molecule has 1 aromatic heterocycles. The molecule has 8 nitrogen and oxygen atoms in total. The predicted octanol–water partition coefficient (Wildman–Crippen LogP) is 2.31. The van der Waals surface area contributed by atoms with Crippen LogP contribution in [0.5, 0.6) is 5.75 Å². The van der Waals surface area contributed by atoms with E-state index >= 15 is 0 Å². The van der Waals surface area contributed by atoms with Gasteiger partial charge in [0.15, 0.2) is 5.76 Å². The molecule has 0 unspecified atom stereocenters. The minimum absolute atomic E-state index is 0.0860. The fourth-order valence-electron chi connectivity index (χ4n) is 3.13. The van der Waals surface area contributed by atoms with Crippen molar-refractivity contribution in [3.63, 3.8) is 0 Å². The first-order valence-corrected chi connectivity index (χ1v) is 10.2. The van der Waals surface area contributed by atoms with Gasteiger partial charge in [0, 0.05) is 24.7 Å². The van der Waals surface area contributed by atoms with Crippen molar-refractivity contribution in [2.45, 2.75) is 24.7 Å². The number of methoxy groups -OCH3 is 1. The minimum atomic E-state index is -3.74. The maximum Gasteiger partial charge on any atom is 0.309 e. The van der Waals surface area contributed by atoms with Gasteiger partial charge in [-0.25, -0.2) is 8.42 Å². The van der Waals surface area contributed by atoms with E-state index in [0.717, 1.165) is 0 Å². The molecule has 1 fully saturated rings. The van der Waals surface area contributed by atoms with E-state index in [-0.39, 0.29) is 35.6 Å². The number of hydrogen-bond acceptors (Lipinski definition) is 7. The number of rotatable bonds is 6. The molecule has 1 aliphatic heterocycles. The third-order valence-electron chi connectivity index (χ3n) is 4.58. The summed E-state index contributed by atoms with van der Waals surface area (Å²) >= 11 is 0. The van der Waals surface area contributed by atoms with Gasteiger partial charge in [-0.2, -0.15) is 4.31 Å². The Hall–Kier alpha value is -2.39. The van der Waals surface area contributed by atoms with Crippen molar-refractivity contribution < 1.29 is 27.2 Å². The van der Waals surface area contributed by atoms with Crippen LogP contribution in [0.3, 0.4) is 0 Å². The number of aromatic nitrogens is 1. The van der Waals surface area contributed by atoms with Gasteiger partial charge in [-0.15, -0.1) is 0 Å². The molecule has 1 aromatic carbocycles. The van der Waals surface area contributed by atoms with E-state index in [1.54, 1.807) is 25.1 Å². The zero-order valence-corrected chi connectivity index (χ0v) is 16.1. The van der Waals surface area contributed by atoms with Gasteiger partial charge in [-0.1, -0.05) is 5.16 Å². The highest BCUT2D eigenvalue weighted by Gasteiger charge is 2.34. The minimum Gasteiger partial charge on any atom is -0.495 e. The Morgan fingerprint density at radius 3 is 2.63 bits per heavy atom. The van der Waals surface area contributed by atoms with Crippen molar-refractivity contribution in [3.8, 4) is 17.1 Å². The van der Waals surface area contributed by atoms with Crippen LogP contribution in [0.2, 0.25) is 0 Å². The van der Waals surface area contributed by atoms with Crippen molar-refractivity contribution >= 4 is 16.0 Å². The highest BCUT2D eigenvalue weighted by atomic mass is 32.2. The molecule has 9 heteroatoms. The second-order valence-electron chi connectivity index (χ2n) is 6.17. The lowest BCUT2D eigenvalue weighted by Crippen LogP contribution is -2.40. The van der Waals surface area contributed by atoms with Gasteiger partial charge in [0.05, 0.1) is 25.8 Å². The highest BCUT2D eigenvalue weighted by Crippen LogP contribution is 2.33. The van der Waals surface area contributed by atoms with Crippen LogP contribution >= 0.6 is 0 Å². The Bertz CT molecular complexity index is 887. The number of ether oxygens (including phenoxy) is 2. The van der Waals surface area contributed by atoms with Crippen LogP contribution in [-0.2, 0) is 19.6 Å². The van der Waals surface area contributed by atoms with Gasteiger partial charge in [-0.3, -0.25) is 4.79 Å². The number of carbonyl (C=O) groups is 1. The monoisotopic (exact) mass is 394 g/mol. The molecule has 3 rings (SSSR count). The third kappa shape index (κ3) is 3.98. The number of piperidine rings is 1. The molecule has 1 saturated heterocycles. The van der Waals surface area contributed by atoms with E-state index in [2.05, 4.69) is 5.16 Å². The molecule has 146 valence electrons. The number of hydrogen-bond donors (Lipinski definition) is 0. The number of nitrogens with zero attached hydrogens (tertiary/aromatic N) is 2. The molecule has 0 aliphatic carbocycles. The molecule has 27 heavy (non-hydrogen) atoms. The second-order valence-corrected chi connectivity index (χ2v) is 8.08. The summed E-state index contributed by atoms with van der Waals surface area (Å²) in [5.41, 5.74) is 0.671. The smallest absolute Gasteiger partial charge is 0.309 e. The van der Waals surface area contributed by atoms with Crippen LogP contribution in [0.4, 0.5) is 0 Å². The summed E-state index contributed by atoms with van der Waals surface area (Å²) in [7, 11) is -2.32. The van der Waals surface area contributed by atoms with Crippen molar-refractivity contribution in [1.29, 1.82) is 0 Å². The molecule has 2 heterocycles. The van der Waals surface area contributed by atoms with Gasteiger partial charge in [0.1, 0.15) is 10.6 Å². The van der Waals surface area contributed by atoms with Crippen LogP contribution in [0.1, 0.15) is 19.8 Å². The topological polar surface area (TPSA) is 98.9 Å². The first kappa shape index (κ1) is 19.4. The zero-order valence-electron chi connectivity index (χ0n) is 15.3. The maximum atomic E-state index is 13.1. The summed E-state index contributed by atoms with van der Waals surface area (Å²) in [6, 6.07) is 6.45. The normalized spacial score (nSPS) is 16.2. The number of sulfonamides is 1. The molecule has 0 spiro atoms. The standard InChI is InChI=1S/C18H22N2O6S/c1-3-25-18(21)13-7-10-20(11-8-13)27(22,23)17-5-4-14(12-16(17)24-2)15-6-9-19-26-15/h4-6,9,12-13H,3,7-8,10-11H2,1-2H3. The number of esters is 1. The summed E-state index contributed by atoms with van der Waals surface area (Å²) in [4.78, 5) is 11.9. The maximum absolute atomic E-state index is 13.1. The molecule has 2 aromatic rings. The first-order chi connectivity index (χ1) is 13.0. The van der Waals surface area contributed by atoms with Crippen LogP contribution < -0.4 is 4.74 Å². The van der Waals surface area contributed by atoms with Gasteiger partial charge >= 0.3 is 5.97 Å². The fourth-order valence-corrected chi connectivity index (χ4v) is 4.74. The molecular formula is C18H22N2O6S. The summed E-state index contributed by atoms with van der Waals surface area (Å²) in [5, 5.41) is 3.65. The van der Waals surface area contributed by atoms with Gasteiger partial charge < -0.3 is 14.0 Å². The highest BCUT2D eigenvalue weighted by molar-refractivity contribution is 7.89. The summed E-state index contributed by atoms with van der Waals surface area (Å²) < 4.78 is 43.0. The third-order valence-corrected chi connectivity index (χ3v) is 6.52. The number of benzene rings is 1. The largest absolute Gasteiger partial charge is 0.495 e. The summed E-state index contributed by atoms with van der Waals surface area (Å²) in [5.74, 6) is 0.236. The molecular weight excluding hydrogens is 372 g/mol. The summed E-state index contributed by atoms with van der Waals surface area (Å²) in [6.07, 6.45) is 2.40. The molecule has 0 N–H and O–H groups in total. The van der Waals surface area contributed by atoms with Crippen molar-refractivity contribution in [1.82, 2.24) is 9.46 Å². The Morgan fingerprint density at radius 2 is 2.04 bits per heavy atom. The predicted molar refractivity (Wildman–Crippen MR) is 96.6 cm³/mol. The van der Waals surface area contributed by atoms with Crippen LogP contribution in [0.25, 0.3) is 11.3 Å². The Balaban J connectivity index is 1.80. The van der Waals surface area contributed by atoms with E-state index < -0.39 is 10.0 Å². The van der Waals surface area contributed by atoms with Gasteiger partial charge in [-0.05, 0) is 38.0 Å². The average Bonchev–Trinajstić information content (AvgIpc) is 3.22. The molecule has 0 atom stereocenters. The SMILES string of the molecule is CCOC(=O)C1CCN(S(=O)(=O)c2ccc(-c3ccno3)cc2OC)CC1. The van der Waals surface area contributed by atoms with E-state index in [4.69, 9.17) is 14.0 Å². The second kappa shape index (κ2) is 8.10. The Morgan fingerprint density at radius 1 is 1.30 bits per heavy atom. The van der Waals surface area contributed by atoms with Gasteiger partial charge in [0.2, 0.25) is 10.0 Å². The van der Waals surface area contributed by atoms with Crippen LogP contribution in [0, 0.1) is 5.92 Å². The lowest BCUT2D eigenvalue weighted by Gasteiger charge is -2.30. The number of carbonyl (C=O) groups excluding carboxylic acids is 1. The lowest BCUT2D eigenvalue weighted by atomic mass is 9.98. The first-order valence-electron chi connectivity index (χ1n) is 8.73. The summed E-state index contributed by atoms with van der Waals surface area (Å²) in [6.45, 7) is 2.61. The van der Waals surface area contributed by atoms with E-state index in [0.29, 0.717) is 30.8 Å². The van der Waals surface area contributed by atoms with Gasteiger partial charge in [0.25, 0.3) is 0 Å². The fraction of sp³-hybridized carbons (Fsp3) is 0.444. The molecule has 0 amide bonds. The lowest BCUT2D eigenvalue weighted by molar-refractivity contribution is -0.149. The van der Waals surface area contributed by atoms with Crippen LogP contribution in [-0.4, -0.2) is 50.7 Å². The van der Waals surface area contributed by atoms with E-state index in [9.17, 15) is 13.2 Å². The van der Waals surface area contributed by atoms with Crippen molar-refractivity contribution in [3.05, 3.63) is 30.5 Å². The van der Waals surface area contributed by atoms with Crippen LogP contribution in [0.15, 0.2) is 39.9 Å². The van der Waals surface area contributed by atoms with Crippen molar-refractivity contribution in [2.75, 3.05) is 26.8 Å². The average molecular weight is 394 g/mol.